The molecule has 2 rings (SSSR count). The minimum absolute atomic E-state index is 0.138. The quantitative estimate of drug-likeness (QED) is 0.903. The molecule has 0 bridgehead atoms. The second kappa shape index (κ2) is 6.18. The van der Waals surface area contributed by atoms with Gasteiger partial charge >= 0.3 is 5.97 Å². The van der Waals surface area contributed by atoms with Gasteiger partial charge in [0.2, 0.25) is 0 Å². The normalized spacial score (nSPS) is 12.2. The van der Waals surface area contributed by atoms with E-state index in [1.165, 1.54) is 6.07 Å². The van der Waals surface area contributed by atoms with Crippen LogP contribution in [0.2, 0.25) is 0 Å². The summed E-state index contributed by atoms with van der Waals surface area (Å²) in [5, 5.41) is 9.43. The highest BCUT2D eigenvalue weighted by atomic mass is 79.9. The maximum atomic E-state index is 13.9. The van der Waals surface area contributed by atoms with Crippen LogP contribution in [-0.2, 0) is 11.2 Å². The molecule has 1 atom stereocenters. The van der Waals surface area contributed by atoms with Crippen molar-refractivity contribution in [1.82, 2.24) is 0 Å². The lowest BCUT2D eigenvalue weighted by atomic mass is 9.89. The molecular formula is C16H14BrFO2. The zero-order chi connectivity index (χ0) is 14.7. The average Bonchev–Trinajstić information content (AvgIpc) is 2.39. The number of carbonyl (C=O) groups is 1. The van der Waals surface area contributed by atoms with Crippen molar-refractivity contribution in [3.8, 4) is 0 Å². The second-order valence-corrected chi connectivity index (χ2v) is 5.60. The van der Waals surface area contributed by atoms with E-state index in [2.05, 4.69) is 15.9 Å². The van der Waals surface area contributed by atoms with Crippen LogP contribution in [0, 0.1) is 12.7 Å². The molecule has 2 aromatic rings. The van der Waals surface area contributed by atoms with Crippen molar-refractivity contribution in [2.45, 2.75) is 19.3 Å². The van der Waals surface area contributed by atoms with E-state index in [-0.39, 0.29) is 12.2 Å². The Balaban J connectivity index is 2.36. The number of benzene rings is 2. The van der Waals surface area contributed by atoms with Crippen LogP contribution >= 0.6 is 15.9 Å². The standard InChI is InChI=1S/C16H14BrFO2/c1-10-4-2-3-5-13(10)14(16(19)20)8-11-6-7-12(17)9-15(11)18/h2-7,9,14H,8H2,1H3,(H,19,20). The number of hydrogen-bond acceptors (Lipinski definition) is 1. The average molecular weight is 337 g/mol. The van der Waals surface area contributed by atoms with Crippen LogP contribution in [0.4, 0.5) is 4.39 Å². The predicted octanol–water partition coefficient (Wildman–Crippen LogP) is 4.31. The molecule has 0 aliphatic rings. The highest BCUT2D eigenvalue weighted by molar-refractivity contribution is 9.10. The molecule has 4 heteroatoms. The SMILES string of the molecule is Cc1ccccc1C(Cc1ccc(Br)cc1F)C(=O)O. The molecule has 1 N–H and O–H groups in total. The number of rotatable bonds is 4. The Morgan fingerprint density at radius 3 is 2.60 bits per heavy atom. The first-order valence-electron chi connectivity index (χ1n) is 6.21. The van der Waals surface area contributed by atoms with Gasteiger partial charge in [0.15, 0.2) is 0 Å². The molecule has 0 fully saturated rings. The van der Waals surface area contributed by atoms with E-state index in [0.29, 0.717) is 10.0 Å². The van der Waals surface area contributed by atoms with Gasteiger partial charge in [0, 0.05) is 4.47 Å². The fourth-order valence-corrected chi connectivity index (χ4v) is 2.55. The molecule has 0 spiro atoms. The molecule has 0 aliphatic carbocycles. The van der Waals surface area contributed by atoms with Crippen LogP contribution in [-0.4, -0.2) is 11.1 Å². The first-order chi connectivity index (χ1) is 9.49. The van der Waals surface area contributed by atoms with Crippen molar-refractivity contribution in [3.05, 3.63) is 69.4 Å². The van der Waals surface area contributed by atoms with E-state index in [4.69, 9.17) is 0 Å². The van der Waals surface area contributed by atoms with Gasteiger partial charge in [-0.15, -0.1) is 0 Å². The molecule has 0 heterocycles. The van der Waals surface area contributed by atoms with Gasteiger partial charge in [-0.05, 0) is 42.2 Å². The first kappa shape index (κ1) is 14.7. The molecule has 0 radical (unpaired) electrons. The lowest BCUT2D eigenvalue weighted by Crippen LogP contribution is -2.16. The summed E-state index contributed by atoms with van der Waals surface area (Å²) in [5.41, 5.74) is 2.03. The van der Waals surface area contributed by atoms with E-state index >= 15 is 0 Å². The highest BCUT2D eigenvalue weighted by Gasteiger charge is 2.23. The van der Waals surface area contributed by atoms with Gasteiger partial charge in [0.25, 0.3) is 0 Å². The van der Waals surface area contributed by atoms with Crippen molar-refractivity contribution in [3.63, 3.8) is 0 Å². The van der Waals surface area contributed by atoms with E-state index in [1.807, 2.05) is 19.1 Å². The van der Waals surface area contributed by atoms with Crippen molar-refractivity contribution in [2.24, 2.45) is 0 Å². The van der Waals surface area contributed by atoms with E-state index in [0.717, 1.165) is 11.1 Å². The van der Waals surface area contributed by atoms with Gasteiger partial charge in [-0.2, -0.15) is 0 Å². The maximum Gasteiger partial charge on any atom is 0.311 e. The molecule has 20 heavy (non-hydrogen) atoms. The fourth-order valence-electron chi connectivity index (χ4n) is 2.22. The van der Waals surface area contributed by atoms with Crippen LogP contribution in [0.5, 0.6) is 0 Å². The van der Waals surface area contributed by atoms with Gasteiger partial charge in [0.05, 0.1) is 5.92 Å². The van der Waals surface area contributed by atoms with Crippen LogP contribution in [0.25, 0.3) is 0 Å². The number of carboxylic acid groups (broad SMARTS) is 1. The Morgan fingerprint density at radius 1 is 1.30 bits per heavy atom. The van der Waals surface area contributed by atoms with Gasteiger partial charge in [0.1, 0.15) is 5.82 Å². The Morgan fingerprint density at radius 2 is 2.00 bits per heavy atom. The van der Waals surface area contributed by atoms with E-state index in [9.17, 15) is 14.3 Å². The smallest absolute Gasteiger partial charge is 0.311 e. The molecule has 0 saturated carbocycles. The maximum absolute atomic E-state index is 13.9. The third-order valence-corrected chi connectivity index (χ3v) is 3.79. The summed E-state index contributed by atoms with van der Waals surface area (Å²) in [6.07, 6.45) is 0.138. The van der Waals surface area contributed by atoms with Crippen molar-refractivity contribution in [2.75, 3.05) is 0 Å². The van der Waals surface area contributed by atoms with Crippen LogP contribution in [0.3, 0.4) is 0 Å². The van der Waals surface area contributed by atoms with Crippen molar-refractivity contribution < 1.29 is 14.3 Å². The summed E-state index contributed by atoms with van der Waals surface area (Å²) in [7, 11) is 0. The van der Waals surface area contributed by atoms with Crippen LogP contribution in [0.15, 0.2) is 46.9 Å². The summed E-state index contributed by atoms with van der Waals surface area (Å²) in [5.74, 6) is -2.08. The molecule has 1 unspecified atom stereocenters. The third-order valence-electron chi connectivity index (χ3n) is 3.30. The van der Waals surface area contributed by atoms with Gasteiger partial charge < -0.3 is 5.11 Å². The predicted molar refractivity (Wildman–Crippen MR) is 79.4 cm³/mol. The zero-order valence-corrected chi connectivity index (χ0v) is 12.5. The Hall–Kier alpha value is -1.68. The molecule has 0 aromatic heterocycles. The second-order valence-electron chi connectivity index (χ2n) is 4.69. The summed E-state index contributed by atoms with van der Waals surface area (Å²) >= 11 is 3.19. The summed E-state index contributed by atoms with van der Waals surface area (Å²) in [4.78, 5) is 11.5. The molecule has 0 saturated heterocycles. The minimum Gasteiger partial charge on any atom is -0.481 e. The molecule has 2 nitrogen and oxygen atoms in total. The third kappa shape index (κ3) is 3.25. The van der Waals surface area contributed by atoms with Crippen LogP contribution in [0.1, 0.15) is 22.6 Å². The number of hydrogen-bond donors (Lipinski definition) is 1. The highest BCUT2D eigenvalue weighted by Crippen LogP contribution is 2.26. The monoisotopic (exact) mass is 336 g/mol. The van der Waals surface area contributed by atoms with Crippen molar-refractivity contribution >= 4 is 21.9 Å². The zero-order valence-electron chi connectivity index (χ0n) is 10.9. The number of halogens is 2. The van der Waals surface area contributed by atoms with Gasteiger partial charge in [-0.25, -0.2) is 4.39 Å². The topological polar surface area (TPSA) is 37.3 Å². The lowest BCUT2D eigenvalue weighted by Gasteiger charge is -2.16. The Labute approximate surface area is 125 Å². The number of aryl methyl sites for hydroxylation is 1. The number of carboxylic acids is 1. The molecule has 0 amide bonds. The molecule has 104 valence electrons. The Kier molecular flexibility index (Phi) is 4.55. The van der Waals surface area contributed by atoms with Crippen LogP contribution < -0.4 is 0 Å². The van der Waals surface area contributed by atoms with E-state index in [1.54, 1.807) is 24.3 Å². The molecule has 0 aliphatic heterocycles. The largest absolute Gasteiger partial charge is 0.481 e. The molecule has 2 aromatic carbocycles. The van der Waals surface area contributed by atoms with Gasteiger partial charge in [-0.1, -0.05) is 46.3 Å². The minimum atomic E-state index is -0.943. The van der Waals surface area contributed by atoms with Gasteiger partial charge in [-0.3, -0.25) is 4.79 Å². The summed E-state index contributed by atoms with van der Waals surface area (Å²) < 4.78 is 14.5. The Bertz CT molecular complexity index is 640. The number of aliphatic carboxylic acids is 1. The first-order valence-corrected chi connectivity index (χ1v) is 7.00. The summed E-state index contributed by atoms with van der Waals surface area (Å²) in [6, 6.07) is 12.0. The van der Waals surface area contributed by atoms with Crippen molar-refractivity contribution in [1.29, 1.82) is 0 Å². The molecular weight excluding hydrogens is 323 g/mol. The summed E-state index contributed by atoms with van der Waals surface area (Å²) in [6.45, 7) is 1.86. The fraction of sp³-hybridized carbons (Fsp3) is 0.188. The van der Waals surface area contributed by atoms with E-state index < -0.39 is 11.9 Å². The lowest BCUT2D eigenvalue weighted by molar-refractivity contribution is -0.138.